The van der Waals surface area contributed by atoms with E-state index >= 15 is 0 Å². The van der Waals surface area contributed by atoms with Gasteiger partial charge in [-0.3, -0.25) is 0 Å². The largest absolute Gasteiger partial charge is 0.477 e. The fraction of sp³-hybridized carbons (Fsp3) is 0.167. The maximum absolute atomic E-state index is 11.7. The normalized spacial score (nSPS) is 10.8. The number of methoxy groups -OCH3 is 1. The number of pyridine rings is 4. The van der Waals surface area contributed by atoms with Gasteiger partial charge in [0.15, 0.2) is 11.4 Å². The van der Waals surface area contributed by atoms with Gasteiger partial charge in [0, 0.05) is 47.5 Å². The number of aromatic carboxylic acids is 1. The number of rotatable bonds is 14. The quantitative estimate of drug-likeness (QED) is 0.0876. The van der Waals surface area contributed by atoms with E-state index in [1.807, 2.05) is 60.7 Å². The molecule has 64 heavy (non-hydrogen) atoms. The second-order valence-corrected chi connectivity index (χ2v) is 16.7. The first kappa shape index (κ1) is 44.5. The minimum Gasteiger partial charge on any atom is -0.477 e. The number of nitrogens with zero attached hydrogens (tertiary/aromatic N) is 6. The van der Waals surface area contributed by atoms with Crippen LogP contribution in [0.25, 0.3) is 22.5 Å². The number of carboxylic acid groups (broad SMARTS) is 1. The second kappa shape index (κ2) is 20.5. The summed E-state index contributed by atoms with van der Waals surface area (Å²) in [4.78, 5) is 49.7. The molecule has 14 nitrogen and oxygen atoms in total. The molecule has 0 amide bonds. The van der Waals surface area contributed by atoms with Gasteiger partial charge in [-0.15, -0.1) is 0 Å². The Hall–Kier alpha value is -7.56. The summed E-state index contributed by atoms with van der Waals surface area (Å²) in [5.41, 5.74) is 4.41. The van der Waals surface area contributed by atoms with Crippen molar-refractivity contribution in [3.05, 3.63) is 155 Å². The van der Waals surface area contributed by atoms with Gasteiger partial charge < -0.3 is 30.0 Å². The maximum Gasteiger partial charge on any atom is 0.356 e. The molecule has 6 aromatic heterocycles. The van der Waals surface area contributed by atoms with Gasteiger partial charge in [0.25, 0.3) is 0 Å². The highest BCUT2D eigenvalue weighted by molar-refractivity contribution is 7.14. The van der Waals surface area contributed by atoms with Crippen LogP contribution in [0.2, 0.25) is 0 Å². The predicted octanol–water partition coefficient (Wildman–Crippen LogP) is 12.3. The number of aromatic nitrogens is 6. The number of esters is 1. The lowest BCUT2D eigenvalue weighted by Gasteiger charge is -2.09. The second-order valence-electron chi connectivity index (χ2n) is 14.7. The molecule has 0 saturated carbocycles. The molecule has 8 aromatic rings. The van der Waals surface area contributed by atoms with Gasteiger partial charge in [-0.25, -0.2) is 39.5 Å². The van der Waals surface area contributed by atoms with Crippen LogP contribution in [-0.4, -0.2) is 54.1 Å². The van der Waals surface area contributed by atoms with Crippen molar-refractivity contribution in [1.29, 1.82) is 0 Å². The van der Waals surface area contributed by atoms with E-state index in [4.69, 9.17) is 24.2 Å². The number of anilines is 4. The van der Waals surface area contributed by atoms with Crippen LogP contribution in [0.1, 0.15) is 76.1 Å². The Bertz CT molecular complexity index is 2870. The molecule has 0 fully saturated rings. The minimum absolute atomic E-state index is 0.000724. The maximum atomic E-state index is 11.7. The molecular weight excluding hydrogens is 849 g/mol. The summed E-state index contributed by atoms with van der Waals surface area (Å²) in [6, 6.07) is 35.4. The monoisotopic (exact) mass is 892 g/mol. The number of carbonyl (C=O) groups is 2. The van der Waals surface area contributed by atoms with Gasteiger partial charge in [-0.05, 0) is 42.8 Å². The van der Waals surface area contributed by atoms with Crippen LogP contribution in [0.15, 0.2) is 128 Å². The van der Waals surface area contributed by atoms with Crippen molar-refractivity contribution in [2.24, 2.45) is 0 Å². The van der Waals surface area contributed by atoms with Crippen molar-refractivity contribution in [3.63, 3.8) is 0 Å². The summed E-state index contributed by atoms with van der Waals surface area (Å²) in [5, 5.41) is 18.9. The fourth-order valence-corrected chi connectivity index (χ4v) is 7.85. The van der Waals surface area contributed by atoms with Crippen LogP contribution in [0.5, 0.6) is 21.6 Å². The number of nitrogens with one attached hydrogen (secondary N) is 2. The first-order valence-corrected chi connectivity index (χ1v) is 21.8. The number of thiazole rings is 2. The first-order valence-electron chi connectivity index (χ1n) is 20.1. The van der Waals surface area contributed by atoms with Gasteiger partial charge in [0.2, 0.25) is 10.1 Å². The highest BCUT2D eigenvalue weighted by atomic mass is 32.1. The minimum atomic E-state index is -1.07. The number of ether oxygens (including phenoxy) is 3. The number of carbonyl (C=O) groups excluding carboxylic acids is 1. The predicted molar refractivity (Wildman–Crippen MR) is 250 cm³/mol. The van der Waals surface area contributed by atoms with Crippen molar-refractivity contribution in [3.8, 4) is 44.1 Å². The van der Waals surface area contributed by atoms with E-state index in [1.54, 1.807) is 73.9 Å². The molecule has 324 valence electrons. The van der Waals surface area contributed by atoms with Crippen LogP contribution < -0.4 is 20.1 Å². The van der Waals surface area contributed by atoms with E-state index in [-0.39, 0.29) is 17.3 Å². The lowest BCUT2D eigenvalue weighted by Crippen LogP contribution is -2.06. The Balaban J connectivity index is 0.000000191. The van der Waals surface area contributed by atoms with Gasteiger partial charge in [0.1, 0.15) is 46.2 Å². The molecule has 0 spiro atoms. The average molecular weight is 893 g/mol. The first-order chi connectivity index (χ1) is 30.9. The molecular formula is C48H44N8O6S2. The Morgan fingerprint density at radius 3 is 1.56 bits per heavy atom. The van der Waals surface area contributed by atoms with Crippen molar-refractivity contribution in [2.45, 2.75) is 46.5 Å². The molecule has 0 aliphatic carbocycles. The van der Waals surface area contributed by atoms with Gasteiger partial charge >= 0.3 is 11.9 Å². The van der Waals surface area contributed by atoms with E-state index in [1.165, 1.54) is 29.8 Å². The molecule has 0 radical (unpaired) electrons. The molecule has 3 N–H and O–H groups in total. The number of hydrogen-bond acceptors (Lipinski definition) is 15. The molecule has 0 unspecified atom stereocenters. The number of benzene rings is 2. The zero-order valence-electron chi connectivity index (χ0n) is 35.8. The van der Waals surface area contributed by atoms with Crippen molar-refractivity contribution < 1.29 is 28.9 Å². The van der Waals surface area contributed by atoms with Gasteiger partial charge in [-0.1, -0.05) is 123 Å². The standard InChI is InChI=1S/2C24H22N4O3S/c1-15(2)22-28-21(16-8-5-4-6-9-16)24(32-22)31-17-12-13-25-20(14-17)27-19-11-7-10-18(26-19)23(29)30-3;1-14(2)22-28-21(16-7-5-4-6-8-16)24(32-22)31-17-11-12-25-19(13-17)26-18-10-9-15(3)20(27-18)23(29)30/h4-15H,1-3H3,(H,25,26,27);4-14H,1-3H3,(H,29,30)(H,25,26,27). The third-order valence-electron chi connectivity index (χ3n) is 9.15. The van der Waals surface area contributed by atoms with E-state index in [2.05, 4.69) is 58.3 Å². The van der Waals surface area contributed by atoms with Crippen molar-refractivity contribution in [1.82, 2.24) is 29.9 Å². The van der Waals surface area contributed by atoms with Crippen molar-refractivity contribution >= 4 is 57.9 Å². The molecule has 8 rings (SSSR count). The van der Waals surface area contributed by atoms with E-state index in [0.29, 0.717) is 51.3 Å². The summed E-state index contributed by atoms with van der Waals surface area (Å²) in [6.07, 6.45) is 3.27. The Morgan fingerprint density at radius 1 is 0.594 bits per heavy atom. The lowest BCUT2D eigenvalue weighted by atomic mass is 10.1. The highest BCUT2D eigenvalue weighted by Gasteiger charge is 2.20. The average Bonchev–Trinajstić information content (AvgIpc) is 3.93. The van der Waals surface area contributed by atoms with Crippen LogP contribution in [-0.2, 0) is 4.74 Å². The molecule has 0 aliphatic rings. The number of carboxylic acids is 1. The Kier molecular flexibility index (Phi) is 14.3. The van der Waals surface area contributed by atoms with E-state index in [9.17, 15) is 14.7 Å². The van der Waals surface area contributed by atoms with Crippen LogP contribution in [0.3, 0.4) is 0 Å². The number of aryl methyl sites for hydroxylation is 1. The third kappa shape index (κ3) is 11.3. The zero-order valence-corrected chi connectivity index (χ0v) is 37.4. The molecule has 2 aromatic carbocycles. The molecule has 0 atom stereocenters. The van der Waals surface area contributed by atoms with Crippen LogP contribution >= 0.6 is 22.7 Å². The topological polar surface area (TPSA) is 183 Å². The molecule has 0 bridgehead atoms. The highest BCUT2D eigenvalue weighted by Crippen LogP contribution is 2.42. The van der Waals surface area contributed by atoms with Crippen LogP contribution in [0.4, 0.5) is 23.3 Å². The summed E-state index contributed by atoms with van der Waals surface area (Å²) in [7, 11) is 1.32. The summed E-state index contributed by atoms with van der Waals surface area (Å²) >= 11 is 3.06. The van der Waals surface area contributed by atoms with E-state index < -0.39 is 11.9 Å². The summed E-state index contributed by atoms with van der Waals surface area (Å²) < 4.78 is 17.2. The Morgan fingerprint density at radius 2 is 1.09 bits per heavy atom. The smallest absolute Gasteiger partial charge is 0.356 e. The zero-order chi connectivity index (χ0) is 45.2. The molecule has 6 heterocycles. The van der Waals surface area contributed by atoms with Crippen LogP contribution in [0, 0.1) is 6.92 Å². The Labute approximate surface area is 378 Å². The fourth-order valence-electron chi connectivity index (χ4n) is 5.93. The van der Waals surface area contributed by atoms with Gasteiger partial charge in [-0.2, -0.15) is 0 Å². The molecule has 0 saturated heterocycles. The summed E-state index contributed by atoms with van der Waals surface area (Å²) in [5.74, 6) is 2.09. The molecule has 0 aliphatic heterocycles. The van der Waals surface area contributed by atoms with E-state index in [0.717, 1.165) is 37.6 Å². The van der Waals surface area contributed by atoms with Crippen molar-refractivity contribution in [2.75, 3.05) is 17.7 Å². The third-order valence-corrected chi connectivity index (χ3v) is 11.6. The molecule has 16 heteroatoms. The van der Waals surface area contributed by atoms with Gasteiger partial charge in [0.05, 0.1) is 17.1 Å². The SMILES string of the molecule is COC(=O)c1cccc(Nc2cc(Oc3sc(C(C)C)nc3-c3ccccc3)ccn2)n1.Cc1ccc(Nc2cc(Oc3sc(C(C)C)nc3-c3ccccc3)ccn2)nc1C(=O)O. The number of hydrogen-bond donors (Lipinski definition) is 3. The summed E-state index contributed by atoms with van der Waals surface area (Å²) in [6.45, 7) is 10.1. The lowest BCUT2D eigenvalue weighted by molar-refractivity contribution is 0.0593.